The molecule has 0 radical (unpaired) electrons. The van der Waals surface area contributed by atoms with Crippen LogP contribution in [-0.4, -0.2) is 50.7 Å². The van der Waals surface area contributed by atoms with E-state index in [1.807, 2.05) is 12.1 Å². The molecule has 0 saturated carbocycles. The van der Waals surface area contributed by atoms with Gasteiger partial charge in [-0.15, -0.1) is 0 Å². The number of ether oxygens (including phenoxy) is 2. The summed E-state index contributed by atoms with van der Waals surface area (Å²) in [6.45, 7) is 6.95. The lowest BCUT2D eigenvalue weighted by atomic mass is 9.89. The summed E-state index contributed by atoms with van der Waals surface area (Å²) in [5.41, 5.74) is 6.07. The van der Waals surface area contributed by atoms with Crippen LogP contribution in [0.15, 0.2) is 30.3 Å². The van der Waals surface area contributed by atoms with Crippen molar-refractivity contribution in [2.75, 3.05) is 24.7 Å². The maximum Gasteiger partial charge on any atom is 0.264 e. The molecule has 8 nitrogen and oxygen atoms in total. The van der Waals surface area contributed by atoms with Crippen LogP contribution in [0.4, 0.5) is 0 Å². The van der Waals surface area contributed by atoms with E-state index in [9.17, 15) is 16.8 Å². The maximum atomic E-state index is 11.2. The highest BCUT2D eigenvalue weighted by molar-refractivity contribution is 7.86. The van der Waals surface area contributed by atoms with Gasteiger partial charge in [-0.05, 0) is 104 Å². The summed E-state index contributed by atoms with van der Waals surface area (Å²) < 4.78 is 74.8. The summed E-state index contributed by atoms with van der Waals surface area (Å²) in [5.74, 6) is 0.682. The second kappa shape index (κ2) is 23.3. The molecule has 2 aromatic rings. The molecule has 0 heterocycles. The molecule has 0 aromatic heterocycles. The third-order valence-corrected chi connectivity index (χ3v) is 10.4. The third-order valence-electron chi connectivity index (χ3n) is 8.81. The van der Waals surface area contributed by atoms with Crippen molar-refractivity contribution in [2.45, 2.75) is 143 Å². The second-order valence-corrected chi connectivity index (χ2v) is 16.3. The van der Waals surface area contributed by atoms with Crippen LogP contribution >= 0.6 is 0 Å². The van der Waals surface area contributed by atoms with Crippen LogP contribution in [0.5, 0.6) is 11.5 Å². The topological polar surface area (TPSA) is 127 Å². The highest BCUT2D eigenvalue weighted by atomic mass is 32.2. The third kappa shape index (κ3) is 19.2. The minimum Gasteiger partial charge on any atom is -0.494 e. The molecule has 48 heavy (non-hydrogen) atoms. The number of hydrogen-bond donors (Lipinski definition) is 2. The van der Waals surface area contributed by atoms with Crippen molar-refractivity contribution in [1.29, 1.82) is 0 Å². The van der Waals surface area contributed by atoms with Crippen molar-refractivity contribution in [3.63, 3.8) is 0 Å². The predicted molar refractivity (Wildman–Crippen MR) is 197 cm³/mol. The molecular formula is C38H62O8S2. The van der Waals surface area contributed by atoms with Crippen LogP contribution in [0.2, 0.25) is 0 Å². The molecule has 0 aliphatic rings. The highest BCUT2D eigenvalue weighted by Crippen LogP contribution is 2.30. The lowest BCUT2D eigenvalue weighted by Crippen LogP contribution is -2.10. The van der Waals surface area contributed by atoms with Crippen molar-refractivity contribution < 1.29 is 35.4 Å². The number of unbranched alkanes of at least 4 members (excludes halogenated alkanes) is 12. The zero-order valence-electron chi connectivity index (χ0n) is 29.8. The Hall–Kier alpha value is -2.14. The molecule has 10 heteroatoms. The molecule has 0 saturated heterocycles. The van der Waals surface area contributed by atoms with Crippen LogP contribution in [0.25, 0.3) is 0 Å². The Morgan fingerprint density at radius 2 is 1.02 bits per heavy atom. The van der Waals surface area contributed by atoms with Gasteiger partial charge in [0.15, 0.2) is 0 Å². The molecule has 0 aliphatic carbocycles. The average molecular weight is 711 g/mol. The van der Waals surface area contributed by atoms with Gasteiger partial charge in [-0.1, -0.05) is 97.0 Å². The summed E-state index contributed by atoms with van der Waals surface area (Å²) in [7, 11) is -8.07. The van der Waals surface area contributed by atoms with E-state index < -0.39 is 20.2 Å². The van der Waals surface area contributed by atoms with E-state index in [-0.39, 0.29) is 37.6 Å². The first-order valence-electron chi connectivity index (χ1n) is 18.3. The van der Waals surface area contributed by atoms with Gasteiger partial charge in [-0.2, -0.15) is 16.8 Å². The molecule has 2 rings (SSSR count). The zero-order chi connectivity index (χ0) is 35.3. The van der Waals surface area contributed by atoms with Gasteiger partial charge in [0.05, 0.1) is 24.7 Å². The largest absolute Gasteiger partial charge is 0.494 e. The van der Waals surface area contributed by atoms with Crippen molar-refractivity contribution in [1.82, 2.24) is 0 Å². The number of benzene rings is 2. The van der Waals surface area contributed by atoms with Gasteiger partial charge >= 0.3 is 0 Å². The Kier molecular flexibility index (Phi) is 20.4. The monoisotopic (exact) mass is 710 g/mol. The van der Waals surface area contributed by atoms with Gasteiger partial charge in [-0.3, -0.25) is 9.11 Å². The Bertz CT molecular complexity index is 1400. The van der Waals surface area contributed by atoms with Crippen LogP contribution in [0.1, 0.15) is 144 Å². The normalized spacial score (nSPS) is 12.0. The fourth-order valence-corrected chi connectivity index (χ4v) is 7.12. The fourth-order valence-electron chi connectivity index (χ4n) is 6.15. The zero-order valence-corrected chi connectivity index (χ0v) is 31.4. The van der Waals surface area contributed by atoms with Crippen molar-refractivity contribution in [3.05, 3.63) is 58.1 Å². The molecule has 0 amide bonds. The molecule has 274 valence electrons. The van der Waals surface area contributed by atoms with E-state index in [0.717, 1.165) is 36.8 Å². The molecule has 0 fully saturated rings. The van der Waals surface area contributed by atoms with E-state index in [2.05, 4.69) is 39.0 Å². The summed E-state index contributed by atoms with van der Waals surface area (Å²) in [5, 5.41) is 0. The standard InChI is InChI=1S/C38H62O8S2/c1-4-6-8-10-12-14-16-20-33-22-23-36(45-24-18-26-47(39,40)41)30-34(33)29-35-31-37(46-25-19-27-48(42,43)44)28-32(3)38(35)21-17-15-13-11-9-7-5-2/h22-23,28,30-31H,4-21,24-27,29H2,1-3H3,(H,39,40,41)(H,42,43,44). The predicted octanol–water partition coefficient (Wildman–Crippen LogP) is 9.49. The van der Waals surface area contributed by atoms with E-state index in [4.69, 9.17) is 18.6 Å². The van der Waals surface area contributed by atoms with E-state index >= 15 is 0 Å². The van der Waals surface area contributed by atoms with Gasteiger partial charge in [0.1, 0.15) is 11.5 Å². The fraction of sp³-hybridized carbons (Fsp3) is 0.684. The van der Waals surface area contributed by atoms with E-state index in [1.165, 1.54) is 93.7 Å². The summed E-state index contributed by atoms with van der Waals surface area (Å²) in [6, 6.07) is 10.3. The Morgan fingerprint density at radius 1 is 0.542 bits per heavy atom. The minimum atomic E-state index is -4.04. The van der Waals surface area contributed by atoms with Crippen LogP contribution in [0, 0.1) is 6.92 Å². The second-order valence-electron chi connectivity index (χ2n) is 13.2. The number of rotatable bonds is 28. The summed E-state index contributed by atoms with van der Waals surface area (Å²) >= 11 is 0. The van der Waals surface area contributed by atoms with Gasteiger partial charge in [0, 0.05) is 0 Å². The summed E-state index contributed by atoms with van der Waals surface area (Å²) in [4.78, 5) is 0. The lowest BCUT2D eigenvalue weighted by molar-refractivity contribution is 0.315. The lowest BCUT2D eigenvalue weighted by Gasteiger charge is -2.19. The Morgan fingerprint density at radius 3 is 1.56 bits per heavy atom. The van der Waals surface area contributed by atoms with Crippen LogP contribution < -0.4 is 9.47 Å². The van der Waals surface area contributed by atoms with Crippen LogP contribution in [0.3, 0.4) is 0 Å². The SMILES string of the molecule is CCCCCCCCCc1ccc(OCCCS(=O)(=O)O)cc1Cc1cc(OCCCS(=O)(=O)O)cc(C)c1CCCCCCCCC. The number of hydrogen-bond acceptors (Lipinski definition) is 6. The quantitative estimate of drug-likeness (QED) is 0.0661. The smallest absolute Gasteiger partial charge is 0.264 e. The maximum absolute atomic E-state index is 11.2. The molecule has 0 aliphatic heterocycles. The molecular weight excluding hydrogens is 649 g/mol. The Balaban J connectivity index is 2.29. The van der Waals surface area contributed by atoms with Gasteiger partial charge in [0.25, 0.3) is 20.2 Å². The summed E-state index contributed by atoms with van der Waals surface area (Å²) in [6.07, 6.45) is 20.3. The highest BCUT2D eigenvalue weighted by Gasteiger charge is 2.15. The first-order chi connectivity index (χ1) is 22.9. The number of aryl methyl sites for hydroxylation is 2. The molecule has 0 spiro atoms. The van der Waals surface area contributed by atoms with Gasteiger partial charge in [0.2, 0.25) is 0 Å². The molecule has 2 aromatic carbocycles. The van der Waals surface area contributed by atoms with Crippen molar-refractivity contribution in [3.8, 4) is 11.5 Å². The first kappa shape index (κ1) is 42.0. The van der Waals surface area contributed by atoms with Gasteiger partial charge in [-0.25, -0.2) is 0 Å². The molecule has 0 atom stereocenters. The van der Waals surface area contributed by atoms with Gasteiger partial charge < -0.3 is 9.47 Å². The van der Waals surface area contributed by atoms with E-state index in [0.29, 0.717) is 17.9 Å². The molecule has 0 unspecified atom stereocenters. The average Bonchev–Trinajstić information content (AvgIpc) is 3.01. The van der Waals surface area contributed by atoms with Crippen molar-refractivity contribution in [2.24, 2.45) is 0 Å². The van der Waals surface area contributed by atoms with Crippen LogP contribution in [-0.2, 0) is 39.5 Å². The van der Waals surface area contributed by atoms with E-state index in [1.54, 1.807) is 0 Å². The molecule has 0 bridgehead atoms. The first-order valence-corrected chi connectivity index (χ1v) is 21.5. The minimum absolute atomic E-state index is 0.186. The Labute approximate surface area is 291 Å². The van der Waals surface area contributed by atoms with Crippen molar-refractivity contribution >= 4 is 20.2 Å². The molecule has 2 N–H and O–H groups in total.